The Hall–Kier alpha value is -0.170. The molecular weight excluding hydrogens is 240 g/mol. The van der Waals surface area contributed by atoms with Gasteiger partial charge in [-0.15, -0.1) is 0 Å². The van der Waals surface area contributed by atoms with E-state index in [0.717, 1.165) is 32.4 Å². The molecule has 0 radical (unpaired) electrons. The third-order valence-corrected chi connectivity index (χ3v) is 4.25. The lowest BCUT2D eigenvalue weighted by atomic mass is 10.1. The molecule has 1 unspecified atom stereocenters. The third kappa shape index (κ3) is 6.98. The topological polar surface area (TPSA) is 67.4 Å². The highest BCUT2D eigenvalue weighted by Gasteiger charge is 2.15. The molecular formula is C11H24N2O3S. The molecule has 0 amide bonds. The molecule has 1 saturated heterocycles. The molecule has 1 rings (SSSR count). The van der Waals surface area contributed by atoms with Crippen molar-refractivity contribution in [2.24, 2.45) is 0 Å². The lowest BCUT2D eigenvalue weighted by Crippen LogP contribution is -2.34. The number of hydrogen-bond donors (Lipinski definition) is 2. The van der Waals surface area contributed by atoms with E-state index in [2.05, 4.69) is 10.0 Å². The zero-order valence-corrected chi connectivity index (χ0v) is 11.4. The van der Waals surface area contributed by atoms with Gasteiger partial charge in [-0.05, 0) is 32.2 Å². The van der Waals surface area contributed by atoms with Gasteiger partial charge in [0.15, 0.2) is 0 Å². The van der Waals surface area contributed by atoms with Crippen molar-refractivity contribution in [3.05, 3.63) is 0 Å². The fraction of sp³-hybridized carbons (Fsp3) is 1.00. The van der Waals surface area contributed by atoms with Gasteiger partial charge in [-0.3, -0.25) is 0 Å². The number of sulfonamides is 1. The second-order valence-corrected chi connectivity index (χ2v) is 6.27. The van der Waals surface area contributed by atoms with E-state index in [1.807, 2.05) is 6.92 Å². The molecule has 0 spiro atoms. The summed E-state index contributed by atoms with van der Waals surface area (Å²) in [5, 5.41) is 3.00. The normalized spacial score (nSPS) is 21.6. The van der Waals surface area contributed by atoms with Crippen molar-refractivity contribution in [3.8, 4) is 0 Å². The molecule has 0 aromatic heterocycles. The minimum absolute atomic E-state index is 0.145. The molecule has 2 N–H and O–H groups in total. The monoisotopic (exact) mass is 264 g/mol. The van der Waals surface area contributed by atoms with Gasteiger partial charge in [0.05, 0.1) is 11.9 Å². The Morgan fingerprint density at radius 3 is 2.76 bits per heavy atom. The first kappa shape index (κ1) is 14.9. The van der Waals surface area contributed by atoms with Crippen molar-refractivity contribution >= 4 is 10.0 Å². The van der Waals surface area contributed by atoms with Crippen LogP contribution in [0.5, 0.6) is 0 Å². The van der Waals surface area contributed by atoms with Crippen LogP contribution >= 0.6 is 0 Å². The maximum Gasteiger partial charge on any atom is 0.212 e. The van der Waals surface area contributed by atoms with Crippen LogP contribution in [0.25, 0.3) is 0 Å². The number of rotatable bonds is 8. The zero-order chi connectivity index (χ0) is 12.6. The van der Waals surface area contributed by atoms with E-state index in [-0.39, 0.29) is 11.9 Å². The van der Waals surface area contributed by atoms with Gasteiger partial charge in [0.25, 0.3) is 0 Å². The van der Waals surface area contributed by atoms with Crippen LogP contribution in [-0.4, -0.2) is 46.5 Å². The Morgan fingerprint density at radius 2 is 2.12 bits per heavy atom. The molecule has 102 valence electrons. The Kier molecular flexibility index (Phi) is 7.03. The summed E-state index contributed by atoms with van der Waals surface area (Å²) in [6.45, 7) is 4.56. The predicted octanol–water partition coefficient (Wildman–Crippen LogP) is 0.475. The number of nitrogens with one attached hydrogen (secondary N) is 2. The van der Waals surface area contributed by atoms with Gasteiger partial charge in [0.2, 0.25) is 10.0 Å². The van der Waals surface area contributed by atoms with Gasteiger partial charge < -0.3 is 10.1 Å². The van der Waals surface area contributed by atoms with E-state index in [1.54, 1.807) is 0 Å². The standard InChI is InChI=1S/C11H24N2O3S/c1-2-12-8-10-17(14,15)13-7-6-11-5-3-4-9-16-11/h11-13H,2-10H2,1H3. The molecule has 1 heterocycles. The highest BCUT2D eigenvalue weighted by atomic mass is 32.2. The molecule has 0 aromatic rings. The molecule has 1 atom stereocenters. The first-order valence-electron chi connectivity index (χ1n) is 6.43. The fourth-order valence-electron chi connectivity index (χ4n) is 1.87. The summed E-state index contributed by atoms with van der Waals surface area (Å²) >= 11 is 0. The van der Waals surface area contributed by atoms with Crippen molar-refractivity contribution in [2.75, 3.05) is 32.0 Å². The minimum Gasteiger partial charge on any atom is -0.378 e. The lowest BCUT2D eigenvalue weighted by Gasteiger charge is -2.22. The largest absolute Gasteiger partial charge is 0.378 e. The van der Waals surface area contributed by atoms with Crippen molar-refractivity contribution < 1.29 is 13.2 Å². The number of hydrogen-bond acceptors (Lipinski definition) is 4. The van der Waals surface area contributed by atoms with E-state index in [9.17, 15) is 8.42 Å². The summed E-state index contributed by atoms with van der Waals surface area (Å²) in [5.41, 5.74) is 0. The maximum absolute atomic E-state index is 11.6. The summed E-state index contributed by atoms with van der Waals surface area (Å²) in [6.07, 6.45) is 4.39. The summed E-state index contributed by atoms with van der Waals surface area (Å²) in [4.78, 5) is 0. The maximum atomic E-state index is 11.6. The van der Waals surface area contributed by atoms with Crippen molar-refractivity contribution in [1.82, 2.24) is 10.0 Å². The summed E-state index contributed by atoms with van der Waals surface area (Å²) in [5.74, 6) is 0.145. The molecule has 0 saturated carbocycles. The number of ether oxygens (including phenoxy) is 1. The summed E-state index contributed by atoms with van der Waals surface area (Å²) in [7, 11) is -3.12. The van der Waals surface area contributed by atoms with Crippen molar-refractivity contribution in [3.63, 3.8) is 0 Å². The molecule has 6 heteroatoms. The van der Waals surface area contributed by atoms with E-state index in [4.69, 9.17) is 4.74 Å². The molecule has 0 bridgehead atoms. The van der Waals surface area contributed by atoms with Crippen molar-refractivity contribution in [1.29, 1.82) is 0 Å². The van der Waals surface area contributed by atoms with Crippen LogP contribution in [0.4, 0.5) is 0 Å². The quantitative estimate of drug-likeness (QED) is 0.626. The molecule has 17 heavy (non-hydrogen) atoms. The van der Waals surface area contributed by atoms with Crippen LogP contribution in [0.15, 0.2) is 0 Å². The van der Waals surface area contributed by atoms with Crippen LogP contribution in [0.3, 0.4) is 0 Å². The first-order chi connectivity index (χ1) is 8.14. The molecule has 1 aliphatic heterocycles. The van der Waals surface area contributed by atoms with Gasteiger partial charge >= 0.3 is 0 Å². The SMILES string of the molecule is CCNCCS(=O)(=O)NCCC1CCCCO1. The second-order valence-electron chi connectivity index (χ2n) is 4.34. The van der Waals surface area contributed by atoms with Gasteiger partial charge in [-0.1, -0.05) is 6.92 Å². The molecule has 1 fully saturated rings. The van der Waals surface area contributed by atoms with Gasteiger partial charge in [-0.2, -0.15) is 0 Å². The third-order valence-electron chi connectivity index (χ3n) is 2.86. The van der Waals surface area contributed by atoms with E-state index < -0.39 is 10.0 Å². The molecule has 5 nitrogen and oxygen atoms in total. The van der Waals surface area contributed by atoms with Crippen LogP contribution in [0, 0.1) is 0 Å². The molecule has 0 aromatic carbocycles. The highest BCUT2D eigenvalue weighted by Crippen LogP contribution is 2.14. The average Bonchev–Trinajstić information content (AvgIpc) is 2.30. The van der Waals surface area contributed by atoms with Crippen LogP contribution in [0.1, 0.15) is 32.6 Å². The average molecular weight is 264 g/mol. The zero-order valence-electron chi connectivity index (χ0n) is 10.6. The van der Waals surface area contributed by atoms with E-state index >= 15 is 0 Å². The lowest BCUT2D eigenvalue weighted by molar-refractivity contribution is 0.0123. The van der Waals surface area contributed by atoms with Gasteiger partial charge in [0.1, 0.15) is 0 Å². The minimum atomic E-state index is -3.12. The van der Waals surface area contributed by atoms with E-state index in [0.29, 0.717) is 13.1 Å². The van der Waals surface area contributed by atoms with Gasteiger partial charge in [-0.25, -0.2) is 13.1 Å². The van der Waals surface area contributed by atoms with Gasteiger partial charge in [0, 0.05) is 19.7 Å². The Labute approximate surface area is 104 Å². The van der Waals surface area contributed by atoms with Crippen LogP contribution < -0.4 is 10.0 Å². The fourth-order valence-corrected chi connectivity index (χ4v) is 2.85. The summed E-state index contributed by atoms with van der Waals surface area (Å²) < 4.78 is 31.3. The Morgan fingerprint density at radius 1 is 1.29 bits per heavy atom. The molecule has 1 aliphatic rings. The second kappa shape index (κ2) is 8.02. The Balaban J connectivity index is 2.11. The van der Waals surface area contributed by atoms with E-state index in [1.165, 1.54) is 6.42 Å². The first-order valence-corrected chi connectivity index (χ1v) is 8.09. The van der Waals surface area contributed by atoms with Crippen molar-refractivity contribution in [2.45, 2.75) is 38.7 Å². The Bertz CT molecular complexity index is 287. The van der Waals surface area contributed by atoms with Crippen LogP contribution in [0.2, 0.25) is 0 Å². The predicted molar refractivity (Wildman–Crippen MR) is 68.5 cm³/mol. The van der Waals surface area contributed by atoms with Crippen LogP contribution in [-0.2, 0) is 14.8 Å². The summed E-state index contributed by atoms with van der Waals surface area (Å²) in [6, 6.07) is 0. The molecule has 0 aliphatic carbocycles. The highest BCUT2D eigenvalue weighted by molar-refractivity contribution is 7.89. The smallest absolute Gasteiger partial charge is 0.212 e.